The molecular weight excluding hydrogens is 379 g/mol. The highest BCUT2D eigenvalue weighted by atomic mass is 127. The molecule has 0 saturated carbocycles. The van der Waals surface area contributed by atoms with Crippen molar-refractivity contribution in [2.45, 2.75) is 25.3 Å². The lowest BCUT2D eigenvalue weighted by molar-refractivity contribution is 0.252. The number of halogens is 1. The molecule has 0 aromatic rings. The van der Waals surface area contributed by atoms with Gasteiger partial charge in [-0.1, -0.05) is 6.42 Å². The van der Waals surface area contributed by atoms with Gasteiger partial charge in [-0.3, -0.25) is 4.99 Å². The number of hydrogen-bond donors (Lipinski definition) is 1. The maximum atomic E-state index is 11.7. The van der Waals surface area contributed by atoms with E-state index in [-0.39, 0.29) is 30.0 Å². The van der Waals surface area contributed by atoms with Crippen LogP contribution in [-0.4, -0.2) is 69.1 Å². The van der Waals surface area contributed by atoms with Crippen LogP contribution in [-0.2, 0) is 10.0 Å². The van der Waals surface area contributed by atoms with Gasteiger partial charge in [-0.15, -0.1) is 24.0 Å². The number of aliphatic imine (C=N–C) groups is 1. The molecule has 8 heteroatoms. The molecule has 0 amide bonds. The van der Waals surface area contributed by atoms with Crippen molar-refractivity contribution in [3.8, 4) is 0 Å². The maximum Gasteiger partial charge on any atom is 0.211 e. The zero-order valence-electron chi connectivity index (χ0n) is 11.5. The van der Waals surface area contributed by atoms with Gasteiger partial charge in [0.15, 0.2) is 5.96 Å². The number of nitrogens with zero attached hydrogens (tertiary/aromatic N) is 3. The summed E-state index contributed by atoms with van der Waals surface area (Å²) in [5.41, 5.74) is 0. The van der Waals surface area contributed by atoms with Gasteiger partial charge < -0.3 is 10.2 Å². The van der Waals surface area contributed by atoms with Crippen LogP contribution in [0.25, 0.3) is 0 Å². The lowest BCUT2D eigenvalue weighted by atomic mass is 10.1. The van der Waals surface area contributed by atoms with Crippen molar-refractivity contribution >= 4 is 40.0 Å². The highest BCUT2D eigenvalue weighted by Crippen LogP contribution is 2.19. The average molecular weight is 402 g/mol. The fraction of sp³-hybridized carbons (Fsp3) is 0.909. The summed E-state index contributed by atoms with van der Waals surface area (Å²) in [5.74, 6) is 0.883. The van der Waals surface area contributed by atoms with E-state index in [1.54, 1.807) is 4.31 Å². The Morgan fingerprint density at radius 3 is 2.68 bits per heavy atom. The van der Waals surface area contributed by atoms with Crippen LogP contribution >= 0.6 is 24.0 Å². The third-order valence-electron chi connectivity index (χ3n) is 3.55. The molecule has 1 unspecified atom stereocenters. The minimum absolute atomic E-state index is 0. The van der Waals surface area contributed by atoms with Crippen LogP contribution in [0, 0.1) is 0 Å². The molecule has 0 aromatic carbocycles. The Kier molecular flexibility index (Phi) is 6.31. The molecule has 112 valence electrons. The summed E-state index contributed by atoms with van der Waals surface area (Å²) >= 11 is 0. The van der Waals surface area contributed by atoms with Gasteiger partial charge in [0.05, 0.1) is 12.8 Å². The molecule has 1 N–H and O–H groups in total. The first-order valence-corrected chi connectivity index (χ1v) is 8.29. The molecule has 6 nitrogen and oxygen atoms in total. The van der Waals surface area contributed by atoms with E-state index >= 15 is 0 Å². The Morgan fingerprint density at radius 1 is 1.37 bits per heavy atom. The van der Waals surface area contributed by atoms with Gasteiger partial charge in [-0.25, -0.2) is 8.42 Å². The predicted molar refractivity (Wildman–Crippen MR) is 87.5 cm³/mol. The molecule has 2 rings (SSSR count). The molecule has 0 aromatic heterocycles. The topological polar surface area (TPSA) is 65.0 Å². The van der Waals surface area contributed by atoms with Gasteiger partial charge in [-0.05, 0) is 12.8 Å². The minimum atomic E-state index is -3.09. The molecule has 2 heterocycles. The zero-order valence-corrected chi connectivity index (χ0v) is 14.6. The molecule has 0 radical (unpaired) electrons. The lowest BCUT2D eigenvalue weighted by Gasteiger charge is -2.34. The van der Waals surface area contributed by atoms with E-state index in [1.165, 1.54) is 6.26 Å². The summed E-state index contributed by atoms with van der Waals surface area (Å²) in [6.45, 7) is 3.05. The van der Waals surface area contributed by atoms with Crippen molar-refractivity contribution in [3.63, 3.8) is 0 Å². The van der Waals surface area contributed by atoms with Crippen LogP contribution < -0.4 is 5.32 Å². The first-order valence-electron chi connectivity index (χ1n) is 6.45. The number of nitrogens with one attached hydrogen (secondary N) is 1. The first kappa shape index (κ1) is 17.0. The number of piperidine rings is 1. The number of sulfonamides is 1. The molecule has 1 fully saturated rings. The largest absolute Gasteiger partial charge is 0.355 e. The number of guanidine groups is 1. The number of hydrogen-bond acceptors (Lipinski definition) is 5. The molecule has 0 bridgehead atoms. The second-order valence-electron chi connectivity index (χ2n) is 5.03. The summed E-state index contributed by atoms with van der Waals surface area (Å²) in [6, 6.07) is 0.0606. The average Bonchev–Trinajstić information content (AvgIpc) is 2.71. The summed E-state index contributed by atoms with van der Waals surface area (Å²) in [4.78, 5) is 6.41. The fourth-order valence-electron chi connectivity index (χ4n) is 2.55. The quantitative estimate of drug-likeness (QED) is 0.691. The van der Waals surface area contributed by atoms with Crippen LogP contribution in [0.1, 0.15) is 19.3 Å². The van der Waals surface area contributed by atoms with Crippen LogP contribution in [0.4, 0.5) is 0 Å². The van der Waals surface area contributed by atoms with E-state index in [2.05, 4.69) is 15.2 Å². The van der Waals surface area contributed by atoms with Crippen molar-refractivity contribution in [3.05, 3.63) is 0 Å². The second-order valence-corrected chi connectivity index (χ2v) is 6.97. The first-order chi connectivity index (χ1) is 8.48. The standard InChI is InChI=1S/C11H22N4O2S.HI/c1-14-8-6-12-11(14)13-9-10-5-3-4-7-15(10)18(2,16)17;/h10H,3-9H2,1-2H3,(H,12,13);1H. The van der Waals surface area contributed by atoms with Crippen molar-refractivity contribution in [2.75, 3.05) is 39.5 Å². The van der Waals surface area contributed by atoms with Crippen LogP contribution in [0.15, 0.2) is 4.99 Å². The normalized spacial score (nSPS) is 24.8. The Morgan fingerprint density at radius 2 is 2.11 bits per heavy atom. The van der Waals surface area contributed by atoms with Crippen LogP contribution in [0.2, 0.25) is 0 Å². The Bertz CT molecular complexity index is 426. The highest BCUT2D eigenvalue weighted by molar-refractivity contribution is 14.0. The van der Waals surface area contributed by atoms with Crippen molar-refractivity contribution in [1.29, 1.82) is 0 Å². The van der Waals surface area contributed by atoms with Gasteiger partial charge >= 0.3 is 0 Å². The van der Waals surface area contributed by atoms with E-state index in [0.29, 0.717) is 13.1 Å². The minimum Gasteiger partial charge on any atom is -0.355 e. The van der Waals surface area contributed by atoms with Gasteiger partial charge in [0, 0.05) is 32.7 Å². The van der Waals surface area contributed by atoms with E-state index in [0.717, 1.165) is 38.3 Å². The Balaban J connectivity index is 0.00000180. The number of rotatable bonds is 3. The van der Waals surface area contributed by atoms with E-state index in [1.807, 2.05) is 7.05 Å². The second kappa shape index (κ2) is 7.07. The predicted octanol–water partition coefficient (Wildman–Crippen LogP) is 0.309. The smallest absolute Gasteiger partial charge is 0.211 e. The lowest BCUT2D eigenvalue weighted by Crippen LogP contribution is -2.50. The number of likely N-dealkylation sites (N-methyl/N-ethyl adjacent to an activating group) is 1. The Labute approximate surface area is 132 Å². The molecular formula is C11H23IN4O2S. The van der Waals surface area contributed by atoms with E-state index < -0.39 is 10.0 Å². The van der Waals surface area contributed by atoms with Gasteiger partial charge in [0.1, 0.15) is 0 Å². The van der Waals surface area contributed by atoms with E-state index in [4.69, 9.17) is 0 Å². The van der Waals surface area contributed by atoms with Gasteiger partial charge in [-0.2, -0.15) is 4.31 Å². The highest BCUT2D eigenvalue weighted by Gasteiger charge is 2.29. The summed E-state index contributed by atoms with van der Waals surface area (Å²) in [6.07, 6.45) is 4.28. The summed E-state index contributed by atoms with van der Waals surface area (Å²) < 4.78 is 25.1. The Hall–Kier alpha value is -0.0900. The van der Waals surface area contributed by atoms with Crippen LogP contribution in [0.5, 0.6) is 0 Å². The molecule has 0 spiro atoms. The third kappa shape index (κ3) is 4.45. The molecule has 2 aliphatic heterocycles. The van der Waals surface area contributed by atoms with Gasteiger partial charge in [0.25, 0.3) is 0 Å². The van der Waals surface area contributed by atoms with Crippen LogP contribution in [0.3, 0.4) is 0 Å². The maximum absolute atomic E-state index is 11.7. The molecule has 2 aliphatic rings. The zero-order chi connectivity index (χ0) is 13.2. The SMILES string of the molecule is CN1CCN=C1NCC1CCCCN1S(C)(=O)=O.I. The summed E-state index contributed by atoms with van der Waals surface area (Å²) in [5, 5.41) is 3.27. The van der Waals surface area contributed by atoms with E-state index in [9.17, 15) is 8.42 Å². The van der Waals surface area contributed by atoms with Gasteiger partial charge in [0.2, 0.25) is 10.0 Å². The van der Waals surface area contributed by atoms with Crippen molar-refractivity contribution in [1.82, 2.24) is 14.5 Å². The molecule has 1 atom stereocenters. The molecule has 0 aliphatic carbocycles. The molecule has 19 heavy (non-hydrogen) atoms. The summed E-state index contributed by atoms with van der Waals surface area (Å²) in [7, 11) is -1.10. The monoisotopic (exact) mass is 402 g/mol. The van der Waals surface area contributed by atoms with Crippen molar-refractivity contribution < 1.29 is 8.42 Å². The fourth-order valence-corrected chi connectivity index (χ4v) is 3.73. The van der Waals surface area contributed by atoms with Crippen molar-refractivity contribution in [2.24, 2.45) is 4.99 Å². The molecule has 1 saturated heterocycles. The third-order valence-corrected chi connectivity index (χ3v) is 4.89.